The molecule has 1 amide bonds. The van der Waals surface area contributed by atoms with Crippen LogP contribution in [-0.4, -0.2) is 37.0 Å². The van der Waals surface area contributed by atoms with E-state index in [1.807, 2.05) is 6.92 Å². The van der Waals surface area contributed by atoms with Gasteiger partial charge in [-0.05, 0) is 0 Å². The second-order valence-electron chi connectivity index (χ2n) is 3.10. The van der Waals surface area contributed by atoms with Gasteiger partial charge in [-0.15, -0.1) is 0 Å². The molecule has 1 aliphatic rings. The van der Waals surface area contributed by atoms with Crippen molar-refractivity contribution in [1.82, 2.24) is 5.43 Å². The van der Waals surface area contributed by atoms with E-state index in [1.165, 1.54) is 0 Å². The minimum Gasteiger partial charge on any atom is -0.386 e. The van der Waals surface area contributed by atoms with Crippen LogP contribution in [0.1, 0.15) is 6.92 Å². The van der Waals surface area contributed by atoms with Gasteiger partial charge in [0.25, 0.3) is 5.91 Å². The van der Waals surface area contributed by atoms with Gasteiger partial charge in [0.1, 0.15) is 6.61 Å². The van der Waals surface area contributed by atoms with Crippen molar-refractivity contribution in [3.8, 4) is 0 Å². The van der Waals surface area contributed by atoms with E-state index in [1.54, 1.807) is 6.21 Å². The molecule has 0 aromatic carbocycles. The van der Waals surface area contributed by atoms with Crippen molar-refractivity contribution in [2.75, 3.05) is 19.8 Å². The first-order valence-electron chi connectivity index (χ1n) is 3.68. The van der Waals surface area contributed by atoms with E-state index in [0.717, 1.165) is 0 Å². The number of amides is 1. The Hall–Kier alpha value is -0.940. The first-order chi connectivity index (χ1) is 5.66. The SMILES string of the molecule is CC1(/C=N/NC(=O)CO)COC1. The smallest absolute Gasteiger partial charge is 0.265 e. The van der Waals surface area contributed by atoms with Crippen LogP contribution in [0.3, 0.4) is 0 Å². The Bertz CT molecular complexity index is 199. The number of hydrogen-bond donors (Lipinski definition) is 2. The number of carbonyl (C=O) groups excluding carboxylic acids is 1. The van der Waals surface area contributed by atoms with Crippen LogP contribution in [-0.2, 0) is 9.53 Å². The maximum atomic E-state index is 10.5. The zero-order valence-corrected chi connectivity index (χ0v) is 6.91. The second-order valence-corrected chi connectivity index (χ2v) is 3.10. The number of rotatable bonds is 3. The summed E-state index contributed by atoms with van der Waals surface area (Å²) in [4.78, 5) is 10.5. The molecule has 1 saturated heterocycles. The summed E-state index contributed by atoms with van der Waals surface area (Å²) in [6.45, 7) is 2.70. The normalized spacial score (nSPS) is 20.5. The lowest BCUT2D eigenvalue weighted by atomic mass is 9.91. The topological polar surface area (TPSA) is 70.9 Å². The highest BCUT2D eigenvalue weighted by Crippen LogP contribution is 2.23. The lowest BCUT2D eigenvalue weighted by Gasteiger charge is -2.33. The van der Waals surface area contributed by atoms with E-state index >= 15 is 0 Å². The molecule has 12 heavy (non-hydrogen) atoms. The summed E-state index contributed by atoms with van der Waals surface area (Å²) >= 11 is 0. The van der Waals surface area contributed by atoms with Gasteiger partial charge >= 0.3 is 0 Å². The zero-order chi connectivity index (χ0) is 9.03. The largest absolute Gasteiger partial charge is 0.386 e. The van der Waals surface area contributed by atoms with Crippen molar-refractivity contribution in [1.29, 1.82) is 0 Å². The fraction of sp³-hybridized carbons (Fsp3) is 0.714. The van der Waals surface area contributed by atoms with Crippen molar-refractivity contribution in [2.24, 2.45) is 10.5 Å². The minimum absolute atomic E-state index is 0.0528. The highest BCUT2D eigenvalue weighted by atomic mass is 16.5. The van der Waals surface area contributed by atoms with E-state index in [-0.39, 0.29) is 5.41 Å². The average Bonchev–Trinajstić information content (AvgIpc) is 2.01. The minimum atomic E-state index is -0.537. The molecule has 5 heteroatoms. The van der Waals surface area contributed by atoms with Gasteiger partial charge in [-0.3, -0.25) is 4.79 Å². The first-order valence-corrected chi connectivity index (χ1v) is 3.68. The van der Waals surface area contributed by atoms with Crippen molar-refractivity contribution >= 4 is 12.1 Å². The molecule has 5 nitrogen and oxygen atoms in total. The molecule has 1 aliphatic heterocycles. The number of ether oxygens (including phenoxy) is 1. The summed E-state index contributed by atoms with van der Waals surface area (Å²) < 4.78 is 4.97. The van der Waals surface area contributed by atoms with Gasteiger partial charge in [0.15, 0.2) is 0 Å². The van der Waals surface area contributed by atoms with Crippen LogP contribution in [0.5, 0.6) is 0 Å². The van der Waals surface area contributed by atoms with E-state index < -0.39 is 12.5 Å². The maximum Gasteiger partial charge on any atom is 0.265 e. The van der Waals surface area contributed by atoms with Gasteiger partial charge in [0.05, 0.1) is 18.6 Å². The number of hydrogen-bond acceptors (Lipinski definition) is 4. The summed E-state index contributed by atoms with van der Waals surface area (Å²) in [7, 11) is 0. The summed E-state index contributed by atoms with van der Waals surface area (Å²) in [5, 5.41) is 12.0. The monoisotopic (exact) mass is 172 g/mol. The van der Waals surface area contributed by atoms with Gasteiger partial charge in [0.2, 0.25) is 0 Å². The highest BCUT2D eigenvalue weighted by Gasteiger charge is 2.31. The molecule has 0 unspecified atom stereocenters. The molecular weight excluding hydrogens is 160 g/mol. The van der Waals surface area contributed by atoms with Crippen molar-refractivity contribution < 1.29 is 14.6 Å². The lowest BCUT2D eigenvalue weighted by Crippen LogP contribution is -2.41. The number of nitrogens with zero attached hydrogens (tertiary/aromatic N) is 1. The maximum absolute atomic E-state index is 10.5. The molecule has 0 bridgehead atoms. The van der Waals surface area contributed by atoms with E-state index in [0.29, 0.717) is 13.2 Å². The Morgan fingerprint density at radius 3 is 2.92 bits per heavy atom. The average molecular weight is 172 g/mol. The lowest BCUT2D eigenvalue weighted by molar-refractivity contribution is -0.123. The molecule has 0 aliphatic carbocycles. The molecular formula is C7H12N2O3. The van der Waals surface area contributed by atoms with E-state index in [2.05, 4.69) is 10.5 Å². The van der Waals surface area contributed by atoms with Crippen LogP contribution in [0.25, 0.3) is 0 Å². The Labute approximate surface area is 70.4 Å². The summed E-state index contributed by atoms with van der Waals surface area (Å²) in [6.07, 6.45) is 1.63. The third kappa shape index (κ3) is 2.28. The number of hydrazone groups is 1. The van der Waals surface area contributed by atoms with E-state index in [9.17, 15) is 4.79 Å². The standard InChI is InChI=1S/C7H12N2O3/c1-7(4-12-5-7)3-8-9-6(11)2-10/h3,10H,2,4-5H2,1H3,(H,9,11)/b8-3+. The van der Waals surface area contributed by atoms with Crippen LogP contribution in [0.4, 0.5) is 0 Å². The van der Waals surface area contributed by atoms with Gasteiger partial charge in [-0.25, -0.2) is 5.43 Å². The van der Waals surface area contributed by atoms with Crippen LogP contribution in [0.15, 0.2) is 5.10 Å². The van der Waals surface area contributed by atoms with E-state index in [4.69, 9.17) is 9.84 Å². The van der Waals surface area contributed by atoms with Crippen molar-refractivity contribution in [3.63, 3.8) is 0 Å². The molecule has 1 heterocycles. The third-order valence-corrected chi connectivity index (χ3v) is 1.57. The summed E-state index contributed by atoms with van der Waals surface area (Å²) in [5.41, 5.74) is 2.13. The Kier molecular flexibility index (Phi) is 2.78. The fourth-order valence-corrected chi connectivity index (χ4v) is 0.794. The molecule has 0 aromatic heterocycles. The molecule has 0 atom stereocenters. The van der Waals surface area contributed by atoms with Gasteiger partial charge in [0, 0.05) is 6.21 Å². The van der Waals surface area contributed by atoms with Crippen LogP contribution < -0.4 is 5.43 Å². The quantitative estimate of drug-likeness (QED) is 0.429. The van der Waals surface area contributed by atoms with Gasteiger partial charge < -0.3 is 9.84 Å². The highest BCUT2D eigenvalue weighted by molar-refractivity contribution is 5.78. The second kappa shape index (κ2) is 3.64. The first kappa shape index (κ1) is 9.15. The van der Waals surface area contributed by atoms with Gasteiger partial charge in [-0.2, -0.15) is 5.10 Å². The molecule has 0 radical (unpaired) electrons. The number of carbonyl (C=O) groups is 1. The van der Waals surface area contributed by atoms with Crippen LogP contribution >= 0.6 is 0 Å². The van der Waals surface area contributed by atoms with Crippen LogP contribution in [0.2, 0.25) is 0 Å². The third-order valence-electron chi connectivity index (χ3n) is 1.57. The van der Waals surface area contributed by atoms with Crippen molar-refractivity contribution in [2.45, 2.75) is 6.92 Å². The number of aliphatic hydroxyl groups is 1. The zero-order valence-electron chi connectivity index (χ0n) is 6.91. The predicted molar refractivity (Wildman–Crippen MR) is 42.6 cm³/mol. The molecule has 1 rings (SSSR count). The molecule has 2 N–H and O–H groups in total. The molecule has 0 aromatic rings. The molecule has 68 valence electrons. The van der Waals surface area contributed by atoms with Gasteiger partial charge in [-0.1, -0.05) is 6.92 Å². The Morgan fingerprint density at radius 2 is 2.50 bits per heavy atom. The predicted octanol–water partition coefficient (Wildman–Crippen LogP) is -0.883. The number of nitrogens with one attached hydrogen (secondary N) is 1. The fourth-order valence-electron chi connectivity index (χ4n) is 0.794. The molecule has 1 fully saturated rings. The Morgan fingerprint density at radius 1 is 1.83 bits per heavy atom. The van der Waals surface area contributed by atoms with Crippen LogP contribution in [0, 0.1) is 5.41 Å². The van der Waals surface area contributed by atoms with Crippen molar-refractivity contribution in [3.05, 3.63) is 0 Å². The molecule has 0 saturated carbocycles. The molecule has 0 spiro atoms. The summed E-state index contributed by atoms with van der Waals surface area (Å²) in [5.74, 6) is -0.505. The summed E-state index contributed by atoms with van der Waals surface area (Å²) in [6, 6.07) is 0. The Balaban J connectivity index is 2.25. The number of aliphatic hydroxyl groups excluding tert-OH is 1.